The molecule has 0 spiro atoms. The molecule has 66 valence electrons. The molecule has 1 heterocycles. The molecule has 4 atom stereocenters. The zero-order valence-corrected chi connectivity index (χ0v) is 8.30. The lowest BCUT2D eigenvalue weighted by Crippen LogP contribution is -2.18. The van der Waals surface area contributed by atoms with Crippen molar-refractivity contribution >= 4 is 0 Å². The minimum Gasteiger partial charge on any atom is -0.295 e. The van der Waals surface area contributed by atoms with Crippen LogP contribution >= 0.6 is 0 Å². The minimum atomic E-state index is 0.819. The van der Waals surface area contributed by atoms with Gasteiger partial charge in [-0.25, -0.2) is 0 Å². The second-order valence-corrected chi connectivity index (χ2v) is 4.14. The first kappa shape index (κ1) is 9.05. The Balaban J connectivity index is 2.16. The highest BCUT2D eigenvalue weighted by atomic mass is 15.3. The Morgan fingerprint density at radius 1 is 1.45 bits per heavy atom. The Kier molecular flexibility index (Phi) is 2.94. The van der Waals surface area contributed by atoms with Crippen LogP contribution in [0.5, 0.6) is 0 Å². The average Bonchev–Trinajstić information content (AvgIpc) is 2.66. The molecule has 0 bridgehead atoms. The van der Waals surface area contributed by atoms with E-state index in [1.165, 1.54) is 19.4 Å². The Labute approximate surface area is 70.8 Å². The molecule has 0 aliphatic carbocycles. The third kappa shape index (κ3) is 2.48. The topological polar surface area (TPSA) is 3.01 Å². The van der Waals surface area contributed by atoms with Crippen molar-refractivity contribution in [2.75, 3.05) is 6.54 Å². The lowest BCUT2D eigenvalue weighted by molar-refractivity contribution is 0.326. The monoisotopic (exact) mass is 155 g/mol. The molecule has 1 aliphatic heterocycles. The number of rotatable bonds is 4. The molecular weight excluding hydrogens is 134 g/mol. The summed E-state index contributed by atoms with van der Waals surface area (Å²) in [5.41, 5.74) is 0. The predicted molar refractivity (Wildman–Crippen MR) is 49.7 cm³/mol. The van der Waals surface area contributed by atoms with Crippen molar-refractivity contribution in [3.05, 3.63) is 0 Å². The normalized spacial score (nSPS) is 34.9. The van der Waals surface area contributed by atoms with Gasteiger partial charge in [0.15, 0.2) is 0 Å². The third-order valence-corrected chi connectivity index (χ3v) is 2.91. The molecule has 0 saturated carbocycles. The average molecular weight is 155 g/mol. The Morgan fingerprint density at radius 2 is 2.00 bits per heavy atom. The molecule has 1 rings (SSSR count). The van der Waals surface area contributed by atoms with Crippen molar-refractivity contribution in [2.24, 2.45) is 5.92 Å². The number of nitrogens with zero attached hydrogens (tertiary/aromatic N) is 1. The molecule has 0 aromatic heterocycles. The highest BCUT2D eigenvalue weighted by Gasteiger charge is 2.33. The van der Waals surface area contributed by atoms with E-state index < -0.39 is 0 Å². The van der Waals surface area contributed by atoms with Crippen LogP contribution in [-0.4, -0.2) is 23.5 Å². The Hall–Kier alpha value is -0.0400. The van der Waals surface area contributed by atoms with E-state index in [0.29, 0.717) is 0 Å². The molecule has 0 aromatic carbocycles. The summed E-state index contributed by atoms with van der Waals surface area (Å²) in [5.74, 6) is 0.901. The molecule has 0 amide bonds. The summed E-state index contributed by atoms with van der Waals surface area (Å²) in [5, 5.41) is 0. The van der Waals surface area contributed by atoms with Crippen molar-refractivity contribution in [2.45, 2.75) is 52.6 Å². The molecule has 0 aromatic rings. The quantitative estimate of drug-likeness (QED) is 0.564. The summed E-state index contributed by atoms with van der Waals surface area (Å²) in [6.07, 6.45) is 2.70. The van der Waals surface area contributed by atoms with Crippen LogP contribution in [0.1, 0.15) is 40.5 Å². The van der Waals surface area contributed by atoms with Crippen LogP contribution in [0.2, 0.25) is 0 Å². The Bertz CT molecular complexity index is 122. The zero-order chi connectivity index (χ0) is 8.43. The smallest absolute Gasteiger partial charge is 0.0198 e. The van der Waals surface area contributed by atoms with Gasteiger partial charge in [0.05, 0.1) is 0 Å². The van der Waals surface area contributed by atoms with Crippen molar-refractivity contribution in [1.82, 2.24) is 4.90 Å². The van der Waals surface area contributed by atoms with E-state index in [1.807, 2.05) is 0 Å². The second-order valence-electron chi connectivity index (χ2n) is 4.14. The first-order valence-corrected chi connectivity index (χ1v) is 4.90. The van der Waals surface area contributed by atoms with Gasteiger partial charge in [0.2, 0.25) is 0 Å². The molecule has 1 aliphatic rings. The van der Waals surface area contributed by atoms with E-state index in [1.54, 1.807) is 0 Å². The minimum absolute atomic E-state index is 0.819. The van der Waals surface area contributed by atoms with Gasteiger partial charge in [-0.3, -0.25) is 4.90 Å². The van der Waals surface area contributed by atoms with Gasteiger partial charge in [0.25, 0.3) is 0 Å². The first-order valence-electron chi connectivity index (χ1n) is 4.90. The lowest BCUT2D eigenvalue weighted by atomic mass is 10.0. The molecular formula is C10H21N. The van der Waals surface area contributed by atoms with Gasteiger partial charge in [-0.05, 0) is 26.2 Å². The van der Waals surface area contributed by atoms with Crippen LogP contribution in [0.15, 0.2) is 0 Å². The van der Waals surface area contributed by atoms with Crippen LogP contribution in [0.25, 0.3) is 0 Å². The van der Waals surface area contributed by atoms with Gasteiger partial charge >= 0.3 is 0 Å². The standard InChI is InChI=1S/C10H21N/c1-5-8(2)6-9(3)11-7-10(11)4/h8-10H,5-7H2,1-4H3. The molecule has 0 radical (unpaired) electrons. The van der Waals surface area contributed by atoms with Gasteiger partial charge in [0, 0.05) is 18.6 Å². The van der Waals surface area contributed by atoms with Crippen LogP contribution in [0.3, 0.4) is 0 Å². The van der Waals surface area contributed by atoms with Gasteiger partial charge in [-0.1, -0.05) is 20.3 Å². The summed E-state index contributed by atoms with van der Waals surface area (Å²) >= 11 is 0. The van der Waals surface area contributed by atoms with Crippen molar-refractivity contribution in [3.63, 3.8) is 0 Å². The van der Waals surface area contributed by atoms with Crippen molar-refractivity contribution in [3.8, 4) is 0 Å². The van der Waals surface area contributed by atoms with Gasteiger partial charge < -0.3 is 0 Å². The zero-order valence-electron chi connectivity index (χ0n) is 8.30. The first-order chi connectivity index (χ1) is 5.15. The molecule has 1 heteroatoms. The Morgan fingerprint density at radius 3 is 2.36 bits per heavy atom. The fourth-order valence-electron chi connectivity index (χ4n) is 1.76. The predicted octanol–water partition coefficient (Wildman–Crippen LogP) is 2.52. The summed E-state index contributed by atoms with van der Waals surface area (Å²) in [6, 6.07) is 1.69. The maximum atomic E-state index is 2.58. The van der Waals surface area contributed by atoms with E-state index in [-0.39, 0.29) is 0 Å². The molecule has 1 saturated heterocycles. The molecule has 1 fully saturated rings. The fraction of sp³-hybridized carbons (Fsp3) is 1.00. The van der Waals surface area contributed by atoms with Crippen LogP contribution in [-0.2, 0) is 0 Å². The van der Waals surface area contributed by atoms with E-state index in [0.717, 1.165) is 18.0 Å². The second kappa shape index (κ2) is 3.57. The van der Waals surface area contributed by atoms with Crippen LogP contribution in [0, 0.1) is 5.92 Å². The third-order valence-electron chi connectivity index (χ3n) is 2.91. The maximum absolute atomic E-state index is 2.58. The lowest BCUT2D eigenvalue weighted by Gasteiger charge is -2.17. The van der Waals surface area contributed by atoms with Crippen molar-refractivity contribution < 1.29 is 0 Å². The highest BCUT2D eigenvalue weighted by molar-refractivity contribution is 4.89. The highest BCUT2D eigenvalue weighted by Crippen LogP contribution is 2.24. The maximum Gasteiger partial charge on any atom is 0.0198 e. The summed E-state index contributed by atoms with van der Waals surface area (Å²) in [7, 11) is 0. The largest absolute Gasteiger partial charge is 0.295 e. The van der Waals surface area contributed by atoms with E-state index in [9.17, 15) is 0 Å². The summed E-state index contributed by atoms with van der Waals surface area (Å²) in [6.45, 7) is 10.6. The number of hydrogen-bond acceptors (Lipinski definition) is 1. The van der Waals surface area contributed by atoms with Crippen molar-refractivity contribution in [1.29, 1.82) is 0 Å². The molecule has 1 nitrogen and oxygen atoms in total. The summed E-state index contributed by atoms with van der Waals surface area (Å²) < 4.78 is 0. The summed E-state index contributed by atoms with van der Waals surface area (Å²) in [4.78, 5) is 2.58. The molecule has 4 unspecified atom stereocenters. The van der Waals surface area contributed by atoms with E-state index >= 15 is 0 Å². The fourth-order valence-corrected chi connectivity index (χ4v) is 1.76. The van der Waals surface area contributed by atoms with Crippen LogP contribution in [0.4, 0.5) is 0 Å². The van der Waals surface area contributed by atoms with Gasteiger partial charge in [-0.2, -0.15) is 0 Å². The van der Waals surface area contributed by atoms with Gasteiger partial charge in [-0.15, -0.1) is 0 Å². The number of hydrogen-bond donors (Lipinski definition) is 0. The van der Waals surface area contributed by atoms with E-state index in [2.05, 4.69) is 32.6 Å². The molecule has 0 N–H and O–H groups in total. The van der Waals surface area contributed by atoms with Gasteiger partial charge in [0.1, 0.15) is 0 Å². The molecule has 11 heavy (non-hydrogen) atoms. The SMILES string of the molecule is CCC(C)CC(C)N1CC1C. The van der Waals surface area contributed by atoms with E-state index in [4.69, 9.17) is 0 Å². The van der Waals surface area contributed by atoms with Crippen LogP contribution < -0.4 is 0 Å².